The van der Waals surface area contributed by atoms with Gasteiger partial charge in [0.05, 0.1) is 25.9 Å². The van der Waals surface area contributed by atoms with E-state index in [1.807, 2.05) is 12.1 Å². The minimum Gasteiger partial charge on any atom is -0.493 e. The monoisotopic (exact) mass is 310 g/mol. The second kappa shape index (κ2) is 7.32. The van der Waals surface area contributed by atoms with Gasteiger partial charge in [-0.1, -0.05) is 12.1 Å². The van der Waals surface area contributed by atoms with Crippen LogP contribution in [-0.2, 0) is 6.54 Å². The number of nitriles is 1. The van der Waals surface area contributed by atoms with Crippen LogP contribution in [0.15, 0.2) is 42.5 Å². The third-order valence-corrected chi connectivity index (χ3v) is 3.48. The Balaban J connectivity index is 2.14. The summed E-state index contributed by atoms with van der Waals surface area (Å²) in [5.41, 5.74) is 2.08. The molecule has 0 spiro atoms. The summed E-state index contributed by atoms with van der Waals surface area (Å²) in [6.45, 7) is 0.457. The molecule has 0 saturated heterocycles. The summed E-state index contributed by atoms with van der Waals surface area (Å²) < 4.78 is 10.4. The van der Waals surface area contributed by atoms with E-state index in [2.05, 4.69) is 6.07 Å². The third-order valence-electron chi connectivity index (χ3n) is 3.48. The van der Waals surface area contributed by atoms with E-state index in [4.69, 9.17) is 14.7 Å². The van der Waals surface area contributed by atoms with Gasteiger partial charge in [0, 0.05) is 19.2 Å². The van der Waals surface area contributed by atoms with Crippen LogP contribution in [0.3, 0.4) is 0 Å². The maximum absolute atomic E-state index is 12.5. The fourth-order valence-electron chi connectivity index (χ4n) is 2.22. The lowest BCUT2D eigenvalue weighted by Crippen LogP contribution is -2.26. The average molecular weight is 310 g/mol. The van der Waals surface area contributed by atoms with Gasteiger partial charge in [0.15, 0.2) is 11.5 Å². The molecule has 5 nitrogen and oxygen atoms in total. The van der Waals surface area contributed by atoms with Gasteiger partial charge >= 0.3 is 0 Å². The van der Waals surface area contributed by atoms with Crippen LogP contribution >= 0.6 is 0 Å². The number of benzene rings is 2. The summed E-state index contributed by atoms with van der Waals surface area (Å²) in [5, 5.41) is 8.80. The third kappa shape index (κ3) is 3.80. The van der Waals surface area contributed by atoms with Crippen LogP contribution < -0.4 is 9.47 Å². The van der Waals surface area contributed by atoms with Crippen molar-refractivity contribution in [1.29, 1.82) is 5.26 Å². The zero-order valence-electron chi connectivity index (χ0n) is 13.4. The first-order valence-electron chi connectivity index (χ1n) is 7.05. The summed E-state index contributed by atoms with van der Waals surface area (Å²) in [4.78, 5) is 14.1. The molecular weight excluding hydrogens is 292 g/mol. The van der Waals surface area contributed by atoms with Crippen LogP contribution in [0, 0.1) is 11.3 Å². The van der Waals surface area contributed by atoms with Crippen LogP contribution in [0.2, 0.25) is 0 Å². The van der Waals surface area contributed by atoms with Gasteiger partial charge in [-0.05, 0) is 35.9 Å². The highest BCUT2D eigenvalue weighted by molar-refractivity contribution is 5.94. The summed E-state index contributed by atoms with van der Waals surface area (Å²) >= 11 is 0. The molecule has 2 aromatic rings. The van der Waals surface area contributed by atoms with Crippen LogP contribution in [0.5, 0.6) is 11.5 Å². The first-order chi connectivity index (χ1) is 11.1. The number of hydrogen-bond acceptors (Lipinski definition) is 4. The predicted octanol–water partition coefficient (Wildman–Crippen LogP) is 2.85. The molecule has 1 amide bonds. The molecule has 0 atom stereocenters. The fourth-order valence-corrected chi connectivity index (χ4v) is 2.22. The molecule has 2 aromatic carbocycles. The average Bonchev–Trinajstić information content (AvgIpc) is 2.61. The normalized spacial score (nSPS) is 9.83. The van der Waals surface area contributed by atoms with E-state index in [0.29, 0.717) is 29.2 Å². The Morgan fingerprint density at radius 1 is 1.09 bits per heavy atom. The standard InChI is InChI=1S/C18H18N2O3/c1-20(12-14-6-4-13(11-19)5-7-14)18(21)15-8-9-16(22-2)17(10-15)23-3/h4-10H,12H2,1-3H3. The lowest BCUT2D eigenvalue weighted by molar-refractivity contribution is 0.0784. The fraction of sp³-hybridized carbons (Fsp3) is 0.222. The van der Waals surface area contributed by atoms with Crippen LogP contribution in [0.1, 0.15) is 21.5 Å². The Bertz CT molecular complexity index is 733. The molecule has 0 bridgehead atoms. The molecule has 2 rings (SSSR count). The molecule has 0 N–H and O–H groups in total. The smallest absolute Gasteiger partial charge is 0.254 e. The molecule has 0 unspecified atom stereocenters. The zero-order valence-corrected chi connectivity index (χ0v) is 13.4. The summed E-state index contributed by atoms with van der Waals surface area (Å²) in [5.74, 6) is 0.985. The largest absolute Gasteiger partial charge is 0.493 e. The second-order valence-electron chi connectivity index (χ2n) is 5.04. The van der Waals surface area contributed by atoms with Crippen molar-refractivity contribution in [2.45, 2.75) is 6.54 Å². The molecule has 0 saturated carbocycles. The molecule has 0 fully saturated rings. The Hall–Kier alpha value is -3.00. The Kier molecular flexibility index (Phi) is 5.21. The summed E-state index contributed by atoms with van der Waals surface area (Å²) in [6, 6.07) is 14.3. The number of nitrogens with zero attached hydrogens (tertiary/aromatic N) is 2. The van der Waals surface area contributed by atoms with Crippen molar-refractivity contribution >= 4 is 5.91 Å². The van der Waals surface area contributed by atoms with Crippen LogP contribution in [-0.4, -0.2) is 32.1 Å². The molecule has 23 heavy (non-hydrogen) atoms. The van der Waals surface area contributed by atoms with Crippen LogP contribution in [0.4, 0.5) is 0 Å². The number of rotatable bonds is 5. The molecule has 0 aromatic heterocycles. The van der Waals surface area contributed by atoms with E-state index in [1.54, 1.807) is 49.4 Å². The molecule has 0 heterocycles. The molecule has 0 aliphatic heterocycles. The number of ether oxygens (including phenoxy) is 2. The van der Waals surface area contributed by atoms with Crippen molar-refractivity contribution in [2.24, 2.45) is 0 Å². The molecule has 0 aliphatic rings. The van der Waals surface area contributed by atoms with Gasteiger partial charge < -0.3 is 14.4 Å². The van der Waals surface area contributed by atoms with E-state index in [-0.39, 0.29) is 5.91 Å². The lowest BCUT2D eigenvalue weighted by atomic mass is 10.1. The van der Waals surface area contributed by atoms with E-state index in [0.717, 1.165) is 5.56 Å². The number of methoxy groups -OCH3 is 2. The van der Waals surface area contributed by atoms with Crippen molar-refractivity contribution in [2.75, 3.05) is 21.3 Å². The second-order valence-corrected chi connectivity index (χ2v) is 5.04. The van der Waals surface area contributed by atoms with Gasteiger partial charge in [-0.15, -0.1) is 0 Å². The van der Waals surface area contributed by atoms with E-state index < -0.39 is 0 Å². The number of carbonyl (C=O) groups excluding carboxylic acids is 1. The van der Waals surface area contributed by atoms with Gasteiger partial charge in [0.1, 0.15) is 0 Å². The van der Waals surface area contributed by atoms with Gasteiger partial charge in [-0.2, -0.15) is 5.26 Å². The molecule has 0 radical (unpaired) electrons. The molecule has 0 aliphatic carbocycles. The topological polar surface area (TPSA) is 62.6 Å². The Labute approximate surface area is 135 Å². The van der Waals surface area contributed by atoms with Gasteiger partial charge in [0.25, 0.3) is 5.91 Å². The van der Waals surface area contributed by atoms with Crippen molar-refractivity contribution in [3.05, 3.63) is 59.2 Å². The minimum absolute atomic E-state index is 0.115. The van der Waals surface area contributed by atoms with Crippen molar-refractivity contribution in [3.8, 4) is 17.6 Å². The van der Waals surface area contributed by atoms with Crippen LogP contribution in [0.25, 0.3) is 0 Å². The number of hydrogen-bond donors (Lipinski definition) is 0. The first-order valence-corrected chi connectivity index (χ1v) is 7.05. The van der Waals surface area contributed by atoms with Gasteiger partial charge in [-0.3, -0.25) is 4.79 Å². The quantitative estimate of drug-likeness (QED) is 0.852. The van der Waals surface area contributed by atoms with Gasteiger partial charge in [0.2, 0.25) is 0 Å². The highest BCUT2D eigenvalue weighted by Crippen LogP contribution is 2.28. The lowest BCUT2D eigenvalue weighted by Gasteiger charge is -2.18. The number of carbonyl (C=O) groups is 1. The minimum atomic E-state index is -0.115. The van der Waals surface area contributed by atoms with E-state index in [1.165, 1.54) is 7.11 Å². The molecule has 5 heteroatoms. The first kappa shape index (κ1) is 16.4. The summed E-state index contributed by atoms with van der Waals surface area (Å²) in [6.07, 6.45) is 0. The predicted molar refractivity (Wildman–Crippen MR) is 86.5 cm³/mol. The highest BCUT2D eigenvalue weighted by atomic mass is 16.5. The highest BCUT2D eigenvalue weighted by Gasteiger charge is 2.15. The molecule has 118 valence electrons. The molecular formula is C18H18N2O3. The van der Waals surface area contributed by atoms with Gasteiger partial charge in [-0.25, -0.2) is 0 Å². The maximum atomic E-state index is 12.5. The zero-order chi connectivity index (χ0) is 16.8. The SMILES string of the molecule is COc1ccc(C(=O)N(C)Cc2ccc(C#N)cc2)cc1OC. The van der Waals surface area contributed by atoms with Crippen molar-refractivity contribution < 1.29 is 14.3 Å². The maximum Gasteiger partial charge on any atom is 0.254 e. The Morgan fingerprint density at radius 3 is 2.30 bits per heavy atom. The van der Waals surface area contributed by atoms with E-state index >= 15 is 0 Å². The van der Waals surface area contributed by atoms with E-state index in [9.17, 15) is 4.79 Å². The summed E-state index contributed by atoms with van der Waals surface area (Å²) in [7, 11) is 4.82. The Morgan fingerprint density at radius 2 is 1.74 bits per heavy atom. The van der Waals surface area contributed by atoms with Crippen molar-refractivity contribution in [1.82, 2.24) is 4.90 Å². The number of amides is 1. The van der Waals surface area contributed by atoms with Crippen molar-refractivity contribution in [3.63, 3.8) is 0 Å².